The van der Waals surface area contributed by atoms with Crippen molar-refractivity contribution in [1.29, 1.82) is 0 Å². The summed E-state index contributed by atoms with van der Waals surface area (Å²) in [6.07, 6.45) is 5.67. The van der Waals surface area contributed by atoms with E-state index in [0.29, 0.717) is 23.2 Å². The molecule has 25 heavy (non-hydrogen) atoms. The van der Waals surface area contributed by atoms with Gasteiger partial charge in [0, 0.05) is 19.0 Å². The lowest BCUT2D eigenvalue weighted by molar-refractivity contribution is -0.134. The zero-order valence-electron chi connectivity index (χ0n) is 15.0. The molecule has 1 unspecified atom stereocenters. The van der Waals surface area contributed by atoms with Crippen molar-refractivity contribution in [2.75, 3.05) is 33.3 Å². The third-order valence-electron chi connectivity index (χ3n) is 6.48. The maximum Gasteiger partial charge on any atom is 0.226 e. The van der Waals surface area contributed by atoms with Gasteiger partial charge in [-0.15, -0.1) is 12.4 Å². The zero-order valence-corrected chi connectivity index (χ0v) is 15.8. The van der Waals surface area contributed by atoms with Gasteiger partial charge in [0.2, 0.25) is 5.91 Å². The van der Waals surface area contributed by atoms with Crippen LogP contribution in [0.5, 0.6) is 5.75 Å². The first-order valence-corrected chi connectivity index (χ1v) is 9.35. The van der Waals surface area contributed by atoms with Gasteiger partial charge in [-0.1, -0.05) is 12.1 Å². The molecule has 1 saturated carbocycles. The molecular weight excluding hydrogens is 336 g/mol. The molecular formula is C20H29ClN2O2. The second-order valence-corrected chi connectivity index (χ2v) is 7.74. The molecule has 138 valence electrons. The van der Waals surface area contributed by atoms with Gasteiger partial charge in [-0.25, -0.2) is 0 Å². The highest BCUT2D eigenvalue weighted by molar-refractivity contribution is 5.85. The molecule has 3 fully saturated rings. The number of nitrogens with one attached hydrogen (secondary N) is 1. The highest BCUT2D eigenvalue weighted by Gasteiger charge is 2.58. The van der Waals surface area contributed by atoms with Crippen molar-refractivity contribution >= 4 is 18.3 Å². The van der Waals surface area contributed by atoms with E-state index in [1.807, 2.05) is 12.1 Å². The van der Waals surface area contributed by atoms with Crippen LogP contribution in [0.25, 0.3) is 0 Å². The Labute approximate surface area is 156 Å². The minimum absolute atomic E-state index is 0. The summed E-state index contributed by atoms with van der Waals surface area (Å²) in [7, 11) is 1.70. The van der Waals surface area contributed by atoms with Crippen molar-refractivity contribution in [2.24, 2.45) is 11.3 Å². The summed E-state index contributed by atoms with van der Waals surface area (Å²) in [6, 6.07) is 8.42. The minimum Gasteiger partial charge on any atom is -0.497 e. The van der Waals surface area contributed by atoms with Crippen LogP contribution >= 0.6 is 12.4 Å². The second kappa shape index (κ2) is 7.55. The number of hydrogen-bond acceptors (Lipinski definition) is 3. The molecule has 1 N–H and O–H groups in total. The Kier molecular flexibility index (Phi) is 5.59. The largest absolute Gasteiger partial charge is 0.497 e. The van der Waals surface area contributed by atoms with Crippen LogP contribution in [0.15, 0.2) is 24.3 Å². The summed E-state index contributed by atoms with van der Waals surface area (Å²) >= 11 is 0. The molecule has 1 aromatic rings. The molecule has 3 aliphatic rings. The fourth-order valence-corrected chi connectivity index (χ4v) is 4.70. The number of hydrogen-bond donors (Lipinski definition) is 1. The van der Waals surface area contributed by atoms with Gasteiger partial charge in [0.05, 0.1) is 7.11 Å². The molecule has 0 bridgehead atoms. The average Bonchev–Trinajstić information content (AvgIpc) is 3.34. The van der Waals surface area contributed by atoms with Crippen molar-refractivity contribution in [2.45, 2.75) is 38.0 Å². The first-order chi connectivity index (χ1) is 11.7. The molecule has 2 saturated heterocycles. The third kappa shape index (κ3) is 3.65. The van der Waals surface area contributed by atoms with Gasteiger partial charge < -0.3 is 15.0 Å². The highest BCUT2D eigenvalue weighted by atomic mass is 35.5. The molecule has 1 spiro atoms. The number of nitrogens with zero attached hydrogens (tertiary/aromatic N) is 1. The quantitative estimate of drug-likeness (QED) is 0.895. The van der Waals surface area contributed by atoms with Crippen LogP contribution in [-0.4, -0.2) is 44.1 Å². The first kappa shape index (κ1) is 18.5. The zero-order chi connectivity index (χ0) is 16.6. The second-order valence-electron chi connectivity index (χ2n) is 7.74. The van der Waals surface area contributed by atoms with Gasteiger partial charge >= 0.3 is 0 Å². The number of carbonyl (C=O) groups excluding carboxylic acids is 1. The van der Waals surface area contributed by atoms with E-state index < -0.39 is 0 Å². The normalized spacial score (nSPS) is 25.3. The topological polar surface area (TPSA) is 41.6 Å². The molecule has 2 heterocycles. The van der Waals surface area contributed by atoms with Gasteiger partial charge in [0.15, 0.2) is 0 Å². The van der Waals surface area contributed by atoms with Gasteiger partial charge in [-0.3, -0.25) is 4.79 Å². The van der Waals surface area contributed by atoms with Crippen molar-refractivity contribution in [3.8, 4) is 5.75 Å². The van der Waals surface area contributed by atoms with Gasteiger partial charge in [0.25, 0.3) is 0 Å². The Hall–Kier alpha value is -1.26. The van der Waals surface area contributed by atoms with Crippen molar-refractivity contribution in [1.82, 2.24) is 10.2 Å². The van der Waals surface area contributed by atoms with E-state index in [1.54, 1.807) is 7.11 Å². The molecule has 5 heteroatoms. The van der Waals surface area contributed by atoms with E-state index in [0.717, 1.165) is 51.2 Å². The highest BCUT2D eigenvalue weighted by Crippen LogP contribution is 2.59. The number of carbonyl (C=O) groups is 1. The molecule has 1 aliphatic carbocycles. The van der Waals surface area contributed by atoms with Crippen LogP contribution in [0, 0.1) is 11.3 Å². The van der Waals surface area contributed by atoms with E-state index in [1.165, 1.54) is 18.4 Å². The molecule has 0 aromatic heterocycles. The predicted molar refractivity (Wildman–Crippen MR) is 101 cm³/mol. The number of piperidine rings is 2. The van der Waals surface area contributed by atoms with E-state index in [4.69, 9.17) is 4.74 Å². The van der Waals surface area contributed by atoms with Crippen LogP contribution in [0.1, 0.15) is 43.6 Å². The lowest BCUT2D eigenvalue weighted by atomic mass is 9.88. The minimum atomic E-state index is 0. The molecule has 4 nitrogen and oxygen atoms in total. The Balaban J connectivity index is 0.00000182. The fourth-order valence-electron chi connectivity index (χ4n) is 4.70. The number of rotatable bonds is 3. The molecule has 1 amide bonds. The molecule has 2 aliphatic heterocycles. The molecule has 4 rings (SSSR count). The Morgan fingerprint density at radius 1 is 1.16 bits per heavy atom. The molecule has 0 radical (unpaired) electrons. The van der Waals surface area contributed by atoms with E-state index in [-0.39, 0.29) is 12.4 Å². The number of benzene rings is 1. The first-order valence-electron chi connectivity index (χ1n) is 9.35. The fraction of sp³-hybridized carbons (Fsp3) is 0.650. The summed E-state index contributed by atoms with van der Waals surface area (Å²) in [5.41, 5.74) is 1.74. The monoisotopic (exact) mass is 364 g/mol. The Morgan fingerprint density at radius 3 is 2.40 bits per heavy atom. The van der Waals surface area contributed by atoms with Gasteiger partial charge in [0.1, 0.15) is 5.75 Å². The lowest BCUT2D eigenvalue weighted by Gasteiger charge is -2.33. The predicted octanol–water partition coefficient (Wildman–Crippen LogP) is 3.21. The summed E-state index contributed by atoms with van der Waals surface area (Å²) in [5.74, 6) is 2.24. The lowest BCUT2D eigenvalue weighted by Crippen LogP contribution is -2.40. The number of likely N-dealkylation sites (tertiary alicyclic amines) is 1. The van der Waals surface area contributed by atoms with Crippen LogP contribution in [0.2, 0.25) is 0 Å². The van der Waals surface area contributed by atoms with Gasteiger partial charge in [-0.2, -0.15) is 0 Å². The van der Waals surface area contributed by atoms with Crippen LogP contribution in [0.4, 0.5) is 0 Å². The van der Waals surface area contributed by atoms with E-state index in [9.17, 15) is 4.79 Å². The van der Waals surface area contributed by atoms with Gasteiger partial charge in [-0.05, 0) is 74.2 Å². The number of ether oxygens (including phenoxy) is 1. The maximum atomic E-state index is 12.8. The summed E-state index contributed by atoms with van der Waals surface area (Å²) in [6.45, 7) is 4.01. The van der Waals surface area contributed by atoms with Crippen molar-refractivity contribution in [3.63, 3.8) is 0 Å². The Morgan fingerprint density at radius 2 is 1.80 bits per heavy atom. The summed E-state index contributed by atoms with van der Waals surface area (Å²) in [5, 5.41) is 3.42. The van der Waals surface area contributed by atoms with E-state index >= 15 is 0 Å². The summed E-state index contributed by atoms with van der Waals surface area (Å²) < 4.78 is 5.24. The smallest absolute Gasteiger partial charge is 0.226 e. The third-order valence-corrected chi connectivity index (χ3v) is 6.48. The standard InChI is InChI=1S/C20H28N2O2.ClH/c1-24-17-4-2-15(3-5-17)16-6-12-22(13-7-16)19(23)18-14-20(18)8-10-21-11-9-20;/h2-5,16,18,21H,6-14H2,1H3;1H. The number of halogens is 1. The van der Waals surface area contributed by atoms with E-state index in [2.05, 4.69) is 22.3 Å². The van der Waals surface area contributed by atoms with Crippen molar-refractivity contribution in [3.05, 3.63) is 29.8 Å². The SMILES string of the molecule is COc1ccc(C2CCN(C(=O)C3CC34CCNCC4)CC2)cc1.Cl. The average molecular weight is 365 g/mol. The maximum absolute atomic E-state index is 12.8. The molecule has 1 aromatic carbocycles. The number of methoxy groups -OCH3 is 1. The Bertz CT molecular complexity index is 590. The van der Waals surface area contributed by atoms with Crippen LogP contribution in [-0.2, 0) is 4.79 Å². The van der Waals surface area contributed by atoms with Crippen LogP contribution < -0.4 is 10.1 Å². The molecule has 1 atom stereocenters. The van der Waals surface area contributed by atoms with Crippen LogP contribution in [0.3, 0.4) is 0 Å². The number of amides is 1. The van der Waals surface area contributed by atoms with Crippen molar-refractivity contribution < 1.29 is 9.53 Å². The summed E-state index contributed by atoms with van der Waals surface area (Å²) in [4.78, 5) is 15.0.